The van der Waals surface area contributed by atoms with Crippen molar-refractivity contribution in [2.24, 2.45) is 0 Å². The largest absolute Gasteiger partial charge is 0.492 e. The molecule has 1 aromatic rings. The summed E-state index contributed by atoms with van der Waals surface area (Å²) in [6.07, 6.45) is 5.10. The van der Waals surface area contributed by atoms with Gasteiger partial charge in [-0.15, -0.1) is 0 Å². The highest BCUT2D eigenvalue weighted by molar-refractivity contribution is 5.45. The minimum atomic E-state index is 0.146. The van der Waals surface area contributed by atoms with Gasteiger partial charge in [-0.1, -0.05) is 46.1 Å². The summed E-state index contributed by atoms with van der Waals surface area (Å²) in [7, 11) is 2.06. The van der Waals surface area contributed by atoms with Gasteiger partial charge in [0.1, 0.15) is 5.75 Å². The summed E-state index contributed by atoms with van der Waals surface area (Å²) in [5.74, 6) is 1.07. The molecule has 0 saturated heterocycles. The van der Waals surface area contributed by atoms with E-state index in [1.807, 2.05) is 0 Å². The molecule has 1 heterocycles. The van der Waals surface area contributed by atoms with Crippen LogP contribution in [0.25, 0.3) is 0 Å². The highest BCUT2D eigenvalue weighted by Gasteiger charge is 2.32. The second kappa shape index (κ2) is 5.96. The first-order valence-electron chi connectivity index (χ1n) is 7.53. The number of rotatable bonds is 6. The van der Waals surface area contributed by atoms with Crippen LogP contribution in [0.5, 0.6) is 5.75 Å². The fourth-order valence-corrected chi connectivity index (χ4v) is 2.83. The maximum Gasteiger partial charge on any atom is 0.123 e. The molecule has 0 aromatic heterocycles. The van der Waals surface area contributed by atoms with Gasteiger partial charge in [0.05, 0.1) is 6.61 Å². The fourth-order valence-electron chi connectivity index (χ4n) is 2.83. The van der Waals surface area contributed by atoms with Gasteiger partial charge in [-0.25, -0.2) is 0 Å². The Morgan fingerprint density at radius 2 is 2.11 bits per heavy atom. The molecule has 2 rings (SSSR count). The predicted molar refractivity (Wildman–Crippen MR) is 80.9 cm³/mol. The summed E-state index contributed by atoms with van der Waals surface area (Å²) in [4.78, 5) is 0. The van der Waals surface area contributed by atoms with E-state index in [9.17, 15) is 0 Å². The van der Waals surface area contributed by atoms with E-state index < -0.39 is 0 Å². The first kappa shape index (κ1) is 14.4. The molecule has 1 aliphatic rings. The quantitative estimate of drug-likeness (QED) is 0.775. The van der Waals surface area contributed by atoms with Crippen LogP contribution in [0, 0.1) is 0 Å². The topological polar surface area (TPSA) is 21.3 Å². The van der Waals surface area contributed by atoms with E-state index in [4.69, 9.17) is 4.74 Å². The zero-order chi connectivity index (χ0) is 13.9. The summed E-state index contributed by atoms with van der Waals surface area (Å²) in [5.41, 5.74) is 2.91. The molecule has 2 heteroatoms. The highest BCUT2D eigenvalue weighted by Crippen LogP contribution is 2.39. The fraction of sp³-hybridized carbons (Fsp3) is 0.647. The Labute approximate surface area is 117 Å². The first-order valence-corrected chi connectivity index (χ1v) is 7.53. The maximum absolute atomic E-state index is 5.76. The molecule has 19 heavy (non-hydrogen) atoms. The van der Waals surface area contributed by atoms with Crippen LogP contribution in [0.2, 0.25) is 0 Å². The van der Waals surface area contributed by atoms with Gasteiger partial charge in [-0.3, -0.25) is 0 Å². The van der Waals surface area contributed by atoms with Gasteiger partial charge in [-0.05, 0) is 31.2 Å². The molecule has 1 aromatic carbocycles. The molecule has 0 spiro atoms. The Morgan fingerprint density at radius 1 is 1.32 bits per heavy atom. The van der Waals surface area contributed by atoms with Gasteiger partial charge in [0.15, 0.2) is 0 Å². The van der Waals surface area contributed by atoms with Gasteiger partial charge >= 0.3 is 0 Å². The Hall–Kier alpha value is -1.02. The van der Waals surface area contributed by atoms with Gasteiger partial charge < -0.3 is 10.1 Å². The lowest BCUT2D eigenvalue weighted by Gasteiger charge is -2.20. The second-order valence-corrected chi connectivity index (χ2v) is 6.27. The van der Waals surface area contributed by atoms with Gasteiger partial charge in [0, 0.05) is 17.0 Å². The normalized spacial score (nSPS) is 17.9. The summed E-state index contributed by atoms with van der Waals surface area (Å²) in [6, 6.07) is 7.17. The van der Waals surface area contributed by atoms with Crippen LogP contribution in [0.1, 0.15) is 63.6 Å². The molecule has 0 bridgehead atoms. The zero-order valence-corrected chi connectivity index (χ0v) is 12.8. The van der Waals surface area contributed by atoms with E-state index >= 15 is 0 Å². The summed E-state index contributed by atoms with van der Waals surface area (Å²) in [6.45, 7) is 7.57. The molecular weight excluding hydrogens is 234 g/mol. The molecule has 2 nitrogen and oxygen atoms in total. The Morgan fingerprint density at radius 3 is 2.79 bits per heavy atom. The Balaban J connectivity index is 2.16. The number of hydrogen-bond acceptors (Lipinski definition) is 2. The zero-order valence-electron chi connectivity index (χ0n) is 12.8. The van der Waals surface area contributed by atoms with Crippen molar-refractivity contribution in [3.05, 3.63) is 29.3 Å². The van der Waals surface area contributed by atoms with Crippen molar-refractivity contribution >= 4 is 0 Å². The smallest absolute Gasteiger partial charge is 0.123 e. The minimum absolute atomic E-state index is 0.146. The van der Waals surface area contributed by atoms with Gasteiger partial charge in [-0.2, -0.15) is 0 Å². The first-order chi connectivity index (χ1) is 9.08. The van der Waals surface area contributed by atoms with E-state index in [0.717, 1.165) is 12.4 Å². The molecule has 0 radical (unpaired) electrons. The number of nitrogens with one attached hydrogen (secondary N) is 1. The molecule has 0 aliphatic carbocycles. The van der Waals surface area contributed by atoms with E-state index in [-0.39, 0.29) is 5.41 Å². The van der Waals surface area contributed by atoms with Gasteiger partial charge in [0.25, 0.3) is 0 Å². The van der Waals surface area contributed by atoms with Crippen LogP contribution in [0.15, 0.2) is 18.2 Å². The van der Waals surface area contributed by atoms with E-state index in [2.05, 4.69) is 51.3 Å². The number of fused-ring (bicyclic) bond motifs is 1. The summed E-state index contributed by atoms with van der Waals surface area (Å²) >= 11 is 0. The Kier molecular flexibility index (Phi) is 4.51. The molecule has 1 unspecified atom stereocenters. The standard InChI is InChI=1S/C17H27NO/c1-5-6-7-8-15(18-4)13-9-10-16-14(11-13)17(2,3)12-19-16/h9-11,15,18H,5-8,12H2,1-4H3. The van der Waals surface area contributed by atoms with E-state index in [1.54, 1.807) is 0 Å². The highest BCUT2D eigenvalue weighted by atomic mass is 16.5. The minimum Gasteiger partial charge on any atom is -0.492 e. The van der Waals surface area contributed by atoms with Crippen molar-refractivity contribution in [1.29, 1.82) is 0 Å². The monoisotopic (exact) mass is 261 g/mol. The summed E-state index contributed by atoms with van der Waals surface area (Å²) in [5, 5.41) is 3.45. The lowest BCUT2D eigenvalue weighted by atomic mass is 9.85. The van der Waals surface area contributed by atoms with Crippen LogP contribution in [0.4, 0.5) is 0 Å². The van der Waals surface area contributed by atoms with Crippen molar-refractivity contribution in [1.82, 2.24) is 5.32 Å². The summed E-state index contributed by atoms with van der Waals surface area (Å²) < 4.78 is 5.76. The number of ether oxygens (including phenoxy) is 1. The second-order valence-electron chi connectivity index (χ2n) is 6.27. The van der Waals surface area contributed by atoms with Crippen LogP contribution in [-0.2, 0) is 5.41 Å². The maximum atomic E-state index is 5.76. The van der Waals surface area contributed by atoms with Crippen LogP contribution in [-0.4, -0.2) is 13.7 Å². The molecule has 0 amide bonds. The number of hydrogen-bond donors (Lipinski definition) is 1. The van der Waals surface area contributed by atoms with Crippen molar-refractivity contribution in [3.8, 4) is 5.75 Å². The number of unbranched alkanes of at least 4 members (excludes halogenated alkanes) is 2. The lowest BCUT2D eigenvalue weighted by Crippen LogP contribution is -2.20. The van der Waals surface area contributed by atoms with Crippen molar-refractivity contribution < 1.29 is 4.74 Å². The number of benzene rings is 1. The van der Waals surface area contributed by atoms with E-state index in [0.29, 0.717) is 6.04 Å². The molecular formula is C17H27NO. The molecule has 1 aliphatic heterocycles. The third kappa shape index (κ3) is 3.11. The third-order valence-electron chi connectivity index (χ3n) is 4.17. The van der Waals surface area contributed by atoms with Crippen LogP contribution in [0.3, 0.4) is 0 Å². The Bertz CT molecular complexity index is 425. The molecule has 1 N–H and O–H groups in total. The van der Waals surface area contributed by atoms with Crippen LogP contribution < -0.4 is 10.1 Å². The lowest BCUT2D eigenvalue weighted by molar-refractivity contribution is 0.291. The van der Waals surface area contributed by atoms with Crippen LogP contribution >= 0.6 is 0 Å². The molecule has 0 fully saturated rings. The van der Waals surface area contributed by atoms with Gasteiger partial charge in [0.2, 0.25) is 0 Å². The average Bonchev–Trinajstić information content (AvgIpc) is 2.71. The van der Waals surface area contributed by atoms with Crippen molar-refractivity contribution in [2.45, 2.75) is 57.9 Å². The molecule has 1 atom stereocenters. The molecule has 106 valence electrons. The van der Waals surface area contributed by atoms with E-state index in [1.165, 1.54) is 36.8 Å². The average molecular weight is 261 g/mol. The van der Waals surface area contributed by atoms with Crippen molar-refractivity contribution in [3.63, 3.8) is 0 Å². The third-order valence-corrected chi connectivity index (χ3v) is 4.17. The predicted octanol–water partition coefficient (Wildman–Crippen LogP) is 4.20. The van der Waals surface area contributed by atoms with Crippen molar-refractivity contribution in [2.75, 3.05) is 13.7 Å². The SMILES string of the molecule is CCCCCC(NC)c1ccc2c(c1)C(C)(C)CO2. The molecule has 0 saturated carbocycles.